The van der Waals surface area contributed by atoms with Gasteiger partial charge in [-0.05, 0) is 18.6 Å². The maximum Gasteiger partial charge on any atom is 0.271 e. The Morgan fingerprint density at radius 1 is 1.19 bits per heavy atom. The van der Waals surface area contributed by atoms with Crippen molar-refractivity contribution in [1.82, 2.24) is 24.6 Å². The molecule has 2 N–H and O–H groups in total. The normalized spacial score (nSPS) is 10.6. The van der Waals surface area contributed by atoms with Gasteiger partial charge in [0, 0.05) is 38.0 Å². The minimum absolute atomic E-state index is 0.139. The SMILES string of the molecule is CCC(=O)Nc1cc(C(=O)NCCCn2ccnc2)nn1-c1ccccc1. The van der Waals surface area contributed by atoms with Crippen LogP contribution in [0.2, 0.25) is 0 Å². The van der Waals surface area contributed by atoms with Crippen molar-refractivity contribution in [1.29, 1.82) is 0 Å². The van der Waals surface area contributed by atoms with E-state index in [1.165, 1.54) is 0 Å². The number of benzene rings is 1. The molecule has 0 bridgehead atoms. The van der Waals surface area contributed by atoms with Crippen molar-refractivity contribution in [2.24, 2.45) is 0 Å². The molecule has 3 aromatic rings. The smallest absolute Gasteiger partial charge is 0.271 e. The third-order valence-electron chi connectivity index (χ3n) is 3.97. The Balaban J connectivity index is 1.68. The van der Waals surface area contributed by atoms with Gasteiger partial charge in [0.15, 0.2) is 5.69 Å². The van der Waals surface area contributed by atoms with Gasteiger partial charge in [-0.2, -0.15) is 5.10 Å². The van der Waals surface area contributed by atoms with E-state index in [2.05, 4.69) is 20.7 Å². The highest BCUT2D eigenvalue weighted by molar-refractivity contribution is 5.95. The second-order valence-corrected chi connectivity index (χ2v) is 5.97. The number of imidazole rings is 1. The number of aryl methyl sites for hydroxylation is 1. The van der Waals surface area contributed by atoms with Crippen LogP contribution in [0.15, 0.2) is 55.1 Å². The molecule has 8 nitrogen and oxygen atoms in total. The summed E-state index contributed by atoms with van der Waals surface area (Å²) in [6, 6.07) is 11.0. The Morgan fingerprint density at radius 2 is 2.00 bits per heavy atom. The number of rotatable bonds is 8. The van der Waals surface area contributed by atoms with Crippen LogP contribution in [-0.4, -0.2) is 37.7 Å². The van der Waals surface area contributed by atoms with Gasteiger partial charge in [0.05, 0.1) is 12.0 Å². The number of aromatic nitrogens is 4. The van der Waals surface area contributed by atoms with E-state index in [-0.39, 0.29) is 17.5 Å². The summed E-state index contributed by atoms with van der Waals surface area (Å²) in [6.45, 7) is 3.06. The van der Waals surface area contributed by atoms with Gasteiger partial charge < -0.3 is 15.2 Å². The van der Waals surface area contributed by atoms with Gasteiger partial charge >= 0.3 is 0 Å². The molecule has 0 fully saturated rings. The number of anilines is 1. The maximum atomic E-state index is 12.4. The molecule has 0 radical (unpaired) electrons. The first kappa shape index (κ1) is 18.4. The fraction of sp³-hybridized carbons (Fsp3) is 0.263. The van der Waals surface area contributed by atoms with E-state index in [1.54, 1.807) is 30.2 Å². The van der Waals surface area contributed by atoms with E-state index in [4.69, 9.17) is 0 Å². The molecule has 0 saturated carbocycles. The van der Waals surface area contributed by atoms with Crippen LogP contribution in [0.1, 0.15) is 30.3 Å². The molecule has 0 saturated heterocycles. The number of nitrogens with one attached hydrogen (secondary N) is 2. The summed E-state index contributed by atoms with van der Waals surface area (Å²) in [7, 11) is 0. The molecule has 0 aliphatic rings. The largest absolute Gasteiger partial charge is 0.351 e. The van der Waals surface area contributed by atoms with Crippen molar-refractivity contribution in [3.63, 3.8) is 0 Å². The van der Waals surface area contributed by atoms with Gasteiger partial charge in [0.1, 0.15) is 5.82 Å². The standard InChI is InChI=1S/C19H22N6O2/c1-2-18(26)22-17-13-16(23-25(17)15-7-4-3-5-8-15)19(27)21-9-6-11-24-12-10-20-14-24/h3-5,7-8,10,12-14H,2,6,9,11H2,1H3,(H,21,27)(H,22,26). The average Bonchev–Trinajstić information content (AvgIpc) is 3.35. The van der Waals surface area contributed by atoms with Crippen LogP contribution in [0.25, 0.3) is 5.69 Å². The molecule has 0 aliphatic carbocycles. The third kappa shape index (κ3) is 4.81. The summed E-state index contributed by atoms with van der Waals surface area (Å²) in [5, 5.41) is 10.0. The predicted octanol–water partition coefficient (Wildman–Crippen LogP) is 2.24. The first-order valence-corrected chi connectivity index (χ1v) is 8.86. The van der Waals surface area contributed by atoms with Crippen LogP contribution >= 0.6 is 0 Å². The lowest BCUT2D eigenvalue weighted by atomic mass is 10.3. The molecule has 0 aliphatic heterocycles. The molecule has 2 aromatic heterocycles. The number of amides is 2. The first-order chi connectivity index (χ1) is 13.2. The molecule has 27 heavy (non-hydrogen) atoms. The van der Waals surface area contributed by atoms with Crippen LogP contribution in [0.5, 0.6) is 0 Å². The molecule has 3 rings (SSSR count). The maximum absolute atomic E-state index is 12.4. The predicted molar refractivity (Wildman–Crippen MR) is 102 cm³/mol. The summed E-state index contributed by atoms with van der Waals surface area (Å²) in [5.41, 5.74) is 1.02. The molecule has 0 atom stereocenters. The second-order valence-electron chi connectivity index (χ2n) is 5.97. The Hall–Kier alpha value is -3.42. The minimum atomic E-state index is -0.276. The lowest BCUT2D eigenvalue weighted by Gasteiger charge is -2.07. The molecule has 8 heteroatoms. The van der Waals surface area contributed by atoms with Crippen molar-refractivity contribution >= 4 is 17.6 Å². The average molecular weight is 366 g/mol. The van der Waals surface area contributed by atoms with Crippen molar-refractivity contribution < 1.29 is 9.59 Å². The molecule has 2 amide bonds. The van der Waals surface area contributed by atoms with Crippen LogP contribution in [0, 0.1) is 0 Å². The summed E-state index contributed by atoms with van der Waals surface area (Å²) in [6.07, 6.45) is 6.47. The van der Waals surface area contributed by atoms with Crippen LogP contribution in [0.3, 0.4) is 0 Å². The van der Waals surface area contributed by atoms with E-state index < -0.39 is 0 Å². The molecule has 140 valence electrons. The molecule has 1 aromatic carbocycles. The van der Waals surface area contributed by atoms with E-state index >= 15 is 0 Å². The summed E-state index contributed by atoms with van der Waals surface area (Å²) in [4.78, 5) is 28.2. The van der Waals surface area contributed by atoms with Crippen LogP contribution in [-0.2, 0) is 11.3 Å². The lowest BCUT2D eigenvalue weighted by molar-refractivity contribution is -0.115. The number of para-hydroxylation sites is 1. The molecular formula is C19H22N6O2. The van der Waals surface area contributed by atoms with Gasteiger partial charge in [-0.15, -0.1) is 0 Å². The lowest BCUT2D eigenvalue weighted by Crippen LogP contribution is -2.25. The number of carbonyl (C=O) groups is 2. The zero-order valence-electron chi connectivity index (χ0n) is 15.1. The summed E-state index contributed by atoms with van der Waals surface area (Å²) >= 11 is 0. The van der Waals surface area contributed by atoms with Gasteiger partial charge in [-0.1, -0.05) is 25.1 Å². The fourth-order valence-corrected chi connectivity index (χ4v) is 2.55. The van der Waals surface area contributed by atoms with Crippen molar-refractivity contribution in [3.8, 4) is 5.69 Å². The van der Waals surface area contributed by atoms with Gasteiger partial charge in [-0.3, -0.25) is 9.59 Å². The summed E-state index contributed by atoms with van der Waals surface area (Å²) in [5.74, 6) is 0.0540. The molecule has 2 heterocycles. The van der Waals surface area contributed by atoms with Crippen LogP contribution in [0.4, 0.5) is 5.82 Å². The number of carbonyl (C=O) groups excluding carboxylic acids is 2. The first-order valence-electron chi connectivity index (χ1n) is 8.86. The summed E-state index contributed by atoms with van der Waals surface area (Å²) < 4.78 is 3.52. The highest BCUT2D eigenvalue weighted by Crippen LogP contribution is 2.17. The Labute approximate surface area is 157 Å². The zero-order valence-corrected chi connectivity index (χ0v) is 15.1. The quantitative estimate of drug-likeness (QED) is 0.598. The Morgan fingerprint density at radius 3 is 2.70 bits per heavy atom. The van der Waals surface area contributed by atoms with Gasteiger partial charge in [0.2, 0.25) is 5.91 Å². The fourth-order valence-electron chi connectivity index (χ4n) is 2.55. The van der Waals surface area contributed by atoms with Crippen LogP contribution < -0.4 is 10.6 Å². The third-order valence-corrected chi connectivity index (χ3v) is 3.97. The number of nitrogens with zero attached hydrogens (tertiary/aromatic N) is 4. The topological polar surface area (TPSA) is 93.8 Å². The van der Waals surface area contributed by atoms with E-state index in [0.29, 0.717) is 18.8 Å². The van der Waals surface area contributed by atoms with E-state index in [0.717, 1.165) is 18.7 Å². The van der Waals surface area contributed by atoms with Crippen molar-refractivity contribution in [2.75, 3.05) is 11.9 Å². The highest BCUT2D eigenvalue weighted by Gasteiger charge is 2.16. The van der Waals surface area contributed by atoms with Gasteiger partial charge in [0.25, 0.3) is 5.91 Å². The van der Waals surface area contributed by atoms with Gasteiger partial charge in [-0.25, -0.2) is 9.67 Å². The monoisotopic (exact) mass is 366 g/mol. The Bertz CT molecular complexity index is 886. The molecule has 0 spiro atoms. The second kappa shape index (κ2) is 8.79. The Kier molecular flexibility index (Phi) is 5.98. The zero-order chi connectivity index (χ0) is 19.1. The molecule has 0 unspecified atom stereocenters. The minimum Gasteiger partial charge on any atom is -0.351 e. The highest BCUT2D eigenvalue weighted by atomic mass is 16.2. The van der Waals surface area contributed by atoms with Crippen molar-refractivity contribution in [2.45, 2.75) is 26.3 Å². The van der Waals surface area contributed by atoms with E-state index in [1.807, 2.05) is 41.1 Å². The number of hydrogen-bond donors (Lipinski definition) is 2. The van der Waals surface area contributed by atoms with Crippen molar-refractivity contribution in [3.05, 3.63) is 60.8 Å². The molecular weight excluding hydrogens is 344 g/mol. The number of hydrogen-bond acceptors (Lipinski definition) is 4. The van der Waals surface area contributed by atoms with E-state index in [9.17, 15) is 9.59 Å².